The molecule has 34 heavy (non-hydrogen) atoms. The number of rotatable bonds is 11. The second kappa shape index (κ2) is 11.0. The molecule has 0 saturated heterocycles. The van der Waals surface area contributed by atoms with Crippen LogP contribution in [0.1, 0.15) is 16.7 Å². The van der Waals surface area contributed by atoms with Crippen molar-refractivity contribution >= 4 is 25.7 Å². The second-order valence-corrected chi connectivity index (χ2v) is 12.1. The van der Waals surface area contributed by atoms with E-state index in [1.807, 2.05) is 30.3 Å². The lowest BCUT2D eigenvalue weighted by molar-refractivity contribution is 0.260. The molecule has 3 rings (SSSR count). The molecule has 0 unspecified atom stereocenters. The zero-order valence-corrected chi connectivity index (χ0v) is 21.2. The van der Waals surface area contributed by atoms with E-state index < -0.39 is 20.0 Å². The van der Waals surface area contributed by atoms with Crippen molar-refractivity contribution in [2.75, 3.05) is 29.9 Å². The topological polar surface area (TPSA) is 84.0 Å². The first-order chi connectivity index (χ1) is 16.1. The molecule has 0 atom stereocenters. The molecule has 9 heteroatoms. The monoisotopic (exact) mass is 502 g/mol. The van der Waals surface area contributed by atoms with Gasteiger partial charge >= 0.3 is 0 Å². The van der Waals surface area contributed by atoms with Crippen molar-refractivity contribution in [1.29, 1.82) is 0 Å². The Morgan fingerprint density at radius 1 is 0.676 bits per heavy atom. The highest BCUT2D eigenvalue weighted by Gasteiger charge is 2.27. The standard InChI is InChI=1S/C25H30N2O5S2/c1-32-25-15-11-23(12-16-25)20-26(19-22-7-5-4-6-8-22)18-17-21-9-13-24(14-10-21)27(33(2,28)29)34(3,30)31/h4-16H,17-20H2,1-3H3. The highest BCUT2D eigenvalue weighted by molar-refractivity contribution is 8.09. The third-order valence-electron chi connectivity index (χ3n) is 5.28. The molecule has 0 fully saturated rings. The normalized spacial score (nSPS) is 12.0. The van der Waals surface area contributed by atoms with Gasteiger partial charge in [0.1, 0.15) is 5.75 Å². The van der Waals surface area contributed by atoms with E-state index in [4.69, 9.17) is 4.74 Å². The highest BCUT2D eigenvalue weighted by atomic mass is 32.3. The zero-order chi connectivity index (χ0) is 24.8. The average Bonchev–Trinajstić information content (AvgIpc) is 2.78. The predicted octanol–water partition coefficient (Wildman–Crippen LogP) is 3.67. The minimum Gasteiger partial charge on any atom is -0.497 e. The lowest BCUT2D eigenvalue weighted by Crippen LogP contribution is -2.35. The maximum absolute atomic E-state index is 12.0. The van der Waals surface area contributed by atoms with E-state index in [9.17, 15) is 16.8 Å². The summed E-state index contributed by atoms with van der Waals surface area (Å²) in [6, 6.07) is 24.8. The Labute approximate surface area is 202 Å². The molecule has 0 N–H and O–H groups in total. The largest absolute Gasteiger partial charge is 0.497 e. The maximum Gasteiger partial charge on any atom is 0.245 e. The van der Waals surface area contributed by atoms with Crippen LogP contribution in [-0.4, -0.2) is 47.9 Å². The van der Waals surface area contributed by atoms with Gasteiger partial charge in [0, 0.05) is 19.6 Å². The number of anilines is 1. The van der Waals surface area contributed by atoms with Crippen LogP contribution in [-0.2, 0) is 39.6 Å². The lowest BCUT2D eigenvalue weighted by atomic mass is 10.1. The molecule has 0 heterocycles. The molecule has 0 radical (unpaired) electrons. The minimum atomic E-state index is -3.96. The fraction of sp³-hybridized carbons (Fsp3) is 0.280. The van der Waals surface area contributed by atoms with Crippen molar-refractivity contribution in [3.63, 3.8) is 0 Å². The van der Waals surface area contributed by atoms with Crippen LogP contribution >= 0.6 is 0 Å². The number of sulfonamides is 2. The Hall–Kier alpha value is -2.88. The third kappa shape index (κ3) is 7.31. The molecule has 0 saturated carbocycles. The third-order valence-corrected chi connectivity index (χ3v) is 8.53. The fourth-order valence-electron chi connectivity index (χ4n) is 3.75. The zero-order valence-electron chi connectivity index (χ0n) is 19.6. The van der Waals surface area contributed by atoms with Crippen LogP contribution in [0.2, 0.25) is 0 Å². The van der Waals surface area contributed by atoms with Gasteiger partial charge in [-0.15, -0.1) is 0 Å². The smallest absolute Gasteiger partial charge is 0.245 e. The molecule has 3 aromatic rings. The van der Waals surface area contributed by atoms with Gasteiger partial charge in [0.2, 0.25) is 20.0 Å². The molecular weight excluding hydrogens is 472 g/mol. The van der Waals surface area contributed by atoms with Gasteiger partial charge < -0.3 is 4.74 Å². The Balaban J connectivity index is 1.74. The van der Waals surface area contributed by atoms with Crippen LogP contribution in [0.4, 0.5) is 5.69 Å². The van der Waals surface area contributed by atoms with Crippen molar-refractivity contribution < 1.29 is 21.6 Å². The van der Waals surface area contributed by atoms with Crippen molar-refractivity contribution in [3.8, 4) is 5.75 Å². The summed E-state index contributed by atoms with van der Waals surface area (Å²) >= 11 is 0. The van der Waals surface area contributed by atoms with E-state index in [1.54, 1.807) is 19.2 Å². The van der Waals surface area contributed by atoms with Gasteiger partial charge in [-0.1, -0.05) is 54.6 Å². The summed E-state index contributed by atoms with van der Waals surface area (Å²) < 4.78 is 53.7. The summed E-state index contributed by atoms with van der Waals surface area (Å²) in [5.41, 5.74) is 3.47. The number of nitrogens with zero attached hydrogens (tertiary/aromatic N) is 2. The number of ether oxygens (including phenoxy) is 1. The first-order valence-corrected chi connectivity index (χ1v) is 14.4. The molecular formula is C25H30N2O5S2. The Morgan fingerprint density at radius 3 is 1.68 bits per heavy atom. The van der Waals surface area contributed by atoms with Gasteiger partial charge in [-0.2, -0.15) is 3.71 Å². The lowest BCUT2D eigenvalue weighted by Gasteiger charge is -2.23. The van der Waals surface area contributed by atoms with Crippen LogP contribution in [0.25, 0.3) is 0 Å². The summed E-state index contributed by atoms with van der Waals surface area (Å²) in [5, 5.41) is 0. The van der Waals surface area contributed by atoms with Crippen LogP contribution in [0, 0.1) is 0 Å². The van der Waals surface area contributed by atoms with E-state index in [1.165, 1.54) is 23.3 Å². The summed E-state index contributed by atoms with van der Waals surface area (Å²) in [5.74, 6) is 0.815. The van der Waals surface area contributed by atoms with Gasteiger partial charge in [0.15, 0.2) is 0 Å². The summed E-state index contributed by atoms with van der Waals surface area (Å²) in [4.78, 5) is 2.34. The van der Waals surface area contributed by atoms with Crippen LogP contribution in [0.5, 0.6) is 5.75 Å². The Morgan fingerprint density at radius 2 is 1.18 bits per heavy atom. The van der Waals surface area contributed by atoms with E-state index in [-0.39, 0.29) is 5.69 Å². The van der Waals surface area contributed by atoms with Gasteiger partial charge in [0.05, 0.1) is 25.3 Å². The second-order valence-electron chi connectivity index (χ2n) is 8.18. The molecule has 0 aliphatic carbocycles. The summed E-state index contributed by atoms with van der Waals surface area (Å²) in [7, 11) is -6.27. The van der Waals surface area contributed by atoms with Gasteiger partial charge in [0.25, 0.3) is 0 Å². The molecule has 0 amide bonds. The number of hydrogen-bond acceptors (Lipinski definition) is 6. The predicted molar refractivity (Wildman–Crippen MR) is 136 cm³/mol. The number of hydrogen-bond donors (Lipinski definition) is 0. The fourth-order valence-corrected chi connectivity index (χ4v) is 6.72. The van der Waals surface area contributed by atoms with Crippen molar-refractivity contribution in [2.45, 2.75) is 19.5 Å². The summed E-state index contributed by atoms with van der Waals surface area (Å²) in [6.07, 6.45) is 2.48. The molecule has 0 bridgehead atoms. The first kappa shape index (κ1) is 25.7. The highest BCUT2D eigenvalue weighted by Crippen LogP contribution is 2.22. The van der Waals surface area contributed by atoms with Crippen LogP contribution in [0.3, 0.4) is 0 Å². The molecule has 3 aromatic carbocycles. The SMILES string of the molecule is COc1ccc(CN(CCc2ccc(N(S(C)(=O)=O)S(C)(=O)=O)cc2)Cc2ccccc2)cc1. The molecule has 7 nitrogen and oxygen atoms in total. The van der Waals surface area contributed by atoms with Crippen LogP contribution in [0.15, 0.2) is 78.9 Å². The van der Waals surface area contributed by atoms with E-state index >= 15 is 0 Å². The van der Waals surface area contributed by atoms with Crippen LogP contribution < -0.4 is 8.45 Å². The quantitative estimate of drug-likeness (QED) is 0.398. The van der Waals surface area contributed by atoms with Gasteiger partial charge in [-0.25, -0.2) is 16.8 Å². The van der Waals surface area contributed by atoms with E-state index in [2.05, 4.69) is 29.2 Å². The van der Waals surface area contributed by atoms with Crippen molar-refractivity contribution in [2.24, 2.45) is 0 Å². The van der Waals surface area contributed by atoms with Gasteiger partial charge in [-0.3, -0.25) is 4.90 Å². The first-order valence-electron chi connectivity index (χ1n) is 10.7. The Kier molecular flexibility index (Phi) is 8.35. The molecule has 0 aliphatic heterocycles. The Bertz CT molecular complexity index is 1240. The maximum atomic E-state index is 12.0. The van der Waals surface area contributed by atoms with Gasteiger partial charge in [-0.05, 0) is 47.4 Å². The summed E-state index contributed by atoms with van der Waals surface area (Å²) in [6.45, 7) is 2.30. The molecule has 0 aliphatic rings. The van der Waals surface area contributed by atoms with Crippen molar-refractivity contribution in [1.82, 2.24) is 4.90 Å². The minimum absolute atomic E-state index is 0.105. The molecule has 182 valence electrons. The number of benzene rings is 3. The van der Waals surface area contributed by atoms with Crippen molar-refractivity contribution in [3.05, 3.63) is 95.6 Å². The number of methoxy groups -OCH3 is 1. The average molecular weight is 503 g/mol. The van der Waals surface area contributed by atoms with E-state index in [0.717, 1.165) is 49.9 Å². The van der Waals surface area contributed by atoms with E-state index in [0.29, 0.717) is 3.71 Å². The molecule has 0 aromatic heterocycles. The molecule has 0 spiro atoms.